The first-order valence-electron chi connectivity index (χ1n) is 5.62. The van der Waals surface area contributed by atoms with Crippen molar-refractivity contribution in [2.75, 3.05) is 0 Å². The topological polar surface area (TPSA) is 26.3 Å². The normalized spacial score (nSPS) is 11.3. The molecule has 2 aromatic rings. The van der Waals surface area contributed by atoms with E-state index in [4.69, 9.17) is 0 Å². The third-order valence-electron chi connectivity index (χ3n) is 2.51. The number of alkyl halides is 3. The molecule has 0 amide bonds. The molecule has 21 heavy (non-hydrogen) atoms. The first-order chi connectivity index (χ1) is 9.76. The van der Waals surface area contributed by atoms with Crippen molar-refractivity contribution in [3.8, 4) is 5.75 Å². The van der Waals surface area contributed by atoms with Gasteiger partial charge in [-0.15, -0.1) is 13.2 Å². The van der Waals surface area contributed by atoms with E-state index in [0.29, 0.717) is 3.57 Å². The molecular weight excluding hydrogens is 403 g/mol. The molecule has 0 saturated carbocycles. The number of carbonyl (C=O) groups excluding carboxylic acids is 1. The number of rotatable bonds is 3. The summed E-state index contributed by atoms with van der Waals surface area (Å²) in [7, 11) is 0. The Hall–Kier alpha value is -1.64. The zero-order valence-corrected chi connectivity index (χ0v) is 12.4. The van der Waals surface area contributed by atoms with Gasteiger partial charge < -0.3 is 4.74 Å². The Bertz CT molecular complexity index is 683. The van der Waals surface area contributed by atoms with Gasteiger partial charge in [-0.25, -0.2) is 4.39 Å². The van der Waals surface area contributed by atoms with E-state index in [2.05, 4.69) is 4.74 Å². The van der Waals surface area contributed by atoms with Crippen LogP contribution in [0.15, 0.2) is 42.5 Å². The molecule has 2 aromatic carbocycles. The summed E-state index contributed by atoms with van der Waals surface area (Å²) in [6, 6.07) is 8.32. The lowest BCUT2D eigenvalue weighted by Crippen LogP contribution is -2.17. The highest BCUT2D eigenvalue weighted by Crippen LogP contribution is 2.25. The zero-order valence-electron chi connectivity index (χ0n) is 10.2. The summed E-state index contributed by atoms with van der Waals surface area (Å²) >= 11 is 1.79. The van der Waals surface area contributed by atoms with E-state index in [-0.39, 0.29) is 11.1 Å². The molecule has 0 atom stereocenters. The van der Waals surface area contributed by atoms with Gasteiger partial charge in [0.05, 0.1) is 0 Å². The van der Waals surface area contributed by atoms with E-state index >= 15 is 0 Å². The van der Waals surface area contributed by atoms with E-state index in [1.54, 1.807) is 22.6 Å². The van der Waals surface area contributed by atoms with Crippen LogP contribution in [0.2, 0.25) is 0 Å². The Kier molecular flexibility index (Phi) is 4.50. The molecule has 0 spiro atoms. The smallest absolute Gasteiger partial charge is 0.406 e. The van der Waals surface area contributed by atoms with E-state index < -0.39 is 23.7 Å². The van der Waals surface area contributed by atoms with E-state index in [1.807, 2.05) is 0 Å². The number of benzene rings is 2. The molecule has 0 aliphatic heterocycles. The van der Waals surface area contributed by atoms with Gasteiger partial charge in [0.2, 0.25) is 0 Å². The summed E-state index contributed by atoms with van der Waals surface area (Å²) in [4.78, 5) is 12.2. The molecule has 7 heteroatoms. The molecule has 0 aliphatic rings. The zero-order chi connectivity index (χ0) is 15.6. The molecule has 0 saturated heterocycles. The maximum Gasteiger partial charge on any atom is 0.573 e. The molecule has 0 bridgehead atoms. The highest BCUT2D eigenvalue weighted by atomic mass is 127. The Morgan fingerprint density at radius 3 is 2.43 bits per heavy atom. The first kappa shape index (κ1) is 15.7. The van der Waals surface area contributed by atoms with Crippen molar-refractivity contribution in [2.24, 2.45) is 0 Å². The Morgan fingerprint density at radius 1 is 1.10 bits per heavy atom. The standard InChI is InChI=1S/C14H7F4IO2/c15-9-4-5-11(12(19)7-9)13(20)8-2-1-3-10(6-8)21-14(16,17)18/h1-7H. The molecule has 0 aromatic heterocycles. The number of halogens is 5. The van der Waals surface area contributed by atoms with Crippen LogP contribution in [0.5, 0.6) is 5.75 Å². The number of ketones is 1. The second-order valence-electron chi connectivity index (χ2n) is 4.03. The molecule has 2 rings (SSSR count). The quantitative estimate of drug-likeness (QED) is 0.422. The van der Waals surface area contributed by atoms with Gasteiger partial charge >= 0.3 is 6.36 Å². The van der Waals surface area contributed by atoms with Crippen LogP contribution in [0.25, 0.3) is 0 Å². The second-order valence-corrected chi connectivity index (χ2v) is 5.19. The highest BCUT2D eigenvalue weighted by molar-refractivity contribution is 14.1. The van der Waals surface area contributed by atoms with Gasteiger partial charge in [-0.1, -0.05) is 12.1 Å². The number of hydrogen-bond donors (Lipinski definition) is 0. The van der Waals surface area contributed by atoms with Crippen molar-refractivity contribution < 1.29 is 27.1 Å². The van der Waals surface area contributed by atoms with Crippen LogP contribution < -0.4 is 4.74 Å². The Balaban J connectivity index is 2.33. The average molecular weight is 410 g/mol. The van der Waals surface area contributed by atoms with E-state index in [0.717, 1.165) is 18.2 Å². The monoisotopic (exact) mass is 410 g/mol. The van der Waals surface area contributed by atoms with Crippen LogP contribution in [0.4, 0.5) is 17.6 Å². The Labute approximate surface area is 130 Å². The van der Waals surface area contributed by atoms with Gasteiger partial charge in [0.25, 0.3) is 0 Å². The summed E-state index contributed by atoms with van der Waals surface area (Å²) in [5.41, 5.74) is 0.238. The van der Waals surface area contributed by atoms with Gasteiger partial charge in [0.1, 0.15) is 11.6 Å². The molecule has 2 nitrogen and oxygen atoms in total. The van der Waals surface area contributed by atoms with Gasteiger partial charge in [-0.2, -0.15) is 0 Å². The van der Waals surface area contributed by atoms with Crippen molar-refractivity contribution in [3.05, 3.63) is 63.0 Å². The van der Waals surface area contributed by atoms with Gasteiger partial charge in [0, 0.05) is 14.7 Å². The van der Waals surface area contributed by atoms with Crippen molar-refractivity contribution in [3.63, 3.8) is 0 Å². The maximum atomic E-state index is 13.0. The third kappa shape index (κ3) is 4.16. The van der Waals surface area contributed by atoms with Gasteiger partial charge in [0.15, 0.2) is 5.78 Å². The second kappa shape index (κ2) is 6.00. The molecule has 0 N–H and O–H groups in total. The van der Waals surface area contributed by atoms with Crippen LogP contribution in [0.3, 0.4) is 0 Å². The third-order valence-corrected chi connectivity index (χ3v) is 3.40. The maximum absolute atomic E-state index is 13.0. The van der Waals surface area contributed by atoms with Crippen molar-refractivity contribution >= 4 is 28.4 Å². The minimum atomic E-state index is -4.83. The first-order valence-corrected chi connectivity index (χ1v) is 6.70. The van der Waals surface area contributed by atoms with Crippen LogP contribution >= 0.6 is 22.6 Å². The van der Waals surface area contributed by atoms with Crippen LogP contribution in [-0.2, 0) is 0 Å². The van der Waals surface area contributed by atoms with Gasteiger partial charge in [-0.05, 0) is 52.9 Å². The fraction of sp³-hybridized carbons (Fsp3) is 0.0714. The van der Waals surface area contributed by atoms with Crippen LogP contribution in [0.1, 0.15) is 15.9 Å². The summed E-state index contributed by atoms with van der Waals surface area (Å²) in [5.74, 6) is -1.48. The molecule has 0 radical (unpaired) electrons. The lowest BCUT2D eigenvalue weighted by Gasteiger charge is -2.10. The fourth-order valence-corrected chi connectivity index (χ4v) is 2.39. The molecule has 0 heterocycles. The summed E-state index contributed by atoms with van der Waals surface area (Å²) in [5, 5.41) is 0. The predicted octanol–water partition coefficient (Wildman–Crippen LogP) is 4.56. The van der Waals surface area contributed by atoms with Crippen LogP contribution in [-0.4, -0.2) is 12.1 Å². The lowest BCUT2D eigenvalue weighted by molar-refractivity contribution is -0.274. The average Bonchev–Trinajstić information content (AvgIpc) is 2.36. The Morgan fingerprint density at radius 2 is 1.81 bits per heavy atom. The van der Waals surface area contributed by atoms with Crippen LogP contribution in [0, 0.1) is 9.39 Å². The number of carbonyl (C=O) groups is 1. The fourth-order valence-electron chi connectivity index (χ4n) is 1.66. The predicted molar refractivity (Wildman–Crippen MR) is 75.7 cm³/mol. The van der Waals surface area contributed by atoms with E-state index in [9.17, 15) is 22.4 Å². The van der Waals surface area contributed by atoms with Crippen molar-refractivity contribution in [2.45, 2.75) is 6.36 Å². The highest BCUT2D eigenvalue weighted by Gasteiger charge is 2.31. The SMILES string of the molecule is O=C(c1cccc(OC(F)(F)F)c1)c1ccc(F)cc1I. The lowest BCUT2D eigenvalue weighted by atomic mass is 10.0. The molecule has 110 valence electrons. The van der Waals surface area contributed by atoms with E-state index in [1.165, 1.54) is 24.3 Å². The van der Waals surface area contributed by atoms with Gasteiger partial charge in [-0.3, -0.25) is 4.79 Å². The van der Waals surface area contributed by atoms with Crippen molar-refractivity contribution in [1.82, 2.24) is 0 Å². The largest absolute Gasteiger partial charge is 0.573 e. The molecule has 0 fully saturated rings. The minimum Gasteiger partial charge on any atom is -0.406 e. The molecule has 0 unspecified atom stereocenters. The number of ether oxygens (including phenoxy) is 1. The summed E-state index contributed by atoms with van der Waals surface area (Å²) in [6.45, 7) is 0. The van der Waals surface area contributed by atoms with Crippen molar-refractivity contribution in [1.29, 1.82) is 0 Å². The number of hydrogen-bond acceptors (Lipinski definition) is 2. The summed E-state index contributed by atoms with van der Waals surface area (Å²) in [6.07, 6.45) is -4.83. The molecular formula is C14H7F4IO2. The molecule has 0 aliphatic carbocycles. The minimum absolute atomic E-state index is 0.0290. The summed E-state index contributed by atoms with van der Waals surface area (Å²) < 4.78 is 53.6.